The molecule has 12 heteroatoms. The summed E-state index contributed by atoms with van der Waals surface area (Å²) < 4.78 is 55.6. The third-order valence-corrected chi connectivity index (χ3v) is 3.20. The van der Waals surface area contributed by atoms with Crippen LogP contribution in [0.3, 0.4) is 0 Å². The van der Waals surface area contributed by atoms with Crippen molar-refractivity contribution in [2.45, 2.75) is 0 Å². The lowest BCUT2D eigenvalue weighted by Crippen LogP contribution is -2.10. The van der Waals surface area contributed by atoms with Gasteiger partial charge in [-0.05, 0) is 5.56 Å². The fourth-order valence-corrected chi connectivity index (χ4v) is 2.04. The van der Waals surface area contributed by atoms with Crippen molar-refractivity contribution in [1.82, 2.24) is 0 Å². The lowest BCUT2D eigenvalue weighted by molar-refractivity contribution is -0.112. The first-order chi connectivity index (χ1) is 9.58. The van der Waals surface area contributed by atoms with Gasteiger partial charge in [0.1, 0.15) is 0 Å². The molecule has 0 saturated heterocycles. The van der Waals surface area contributed by atoms with Crippen LogP contribution in [0.1, 0.15) is 5.56 Å². The highest BCUT2D eigenvalue weighted by atomic mass is 32.3. The number of azo groups is 1. The largest absolute Gasteiger partial charge is 0.413 e. The molecule has 0 radical (unpaired) electrons. The summed E-state index contributed by atoms with van der Waals surface area (Å²) in [5.74, 6) is -0.263. The van der Waals surface area contributed by atoms with Crippen LogP contribution in [0.25, 0.3) is 5.57 Å². The number of carbonyl (C=O) groups excluding carboxylic acids is 1. The standard InChI is InChI=1S/C9H6N2O.H2O7S2/c12-9-8(6-10-11-9)7-4-2-1-3-5-7;1-8(2,3)7-9(4,5)6/h1-6H;(H,1,2,3)(H,4,5,6). The molecule has 0 aromatic heterocycles. The van der Waals surface area contributed by atoms with Gasteiger partial charge in [-0.15, -0.1) is 8.74 Å². The molecule has 0 fully saturated rings. The Morgan fingerprint density at radius 3 is 1.81 bits per heavy atom. The Morgan fingerprint density at radius 1 is 0.952 bits per heavy atom. The smallest absolute Gasteiger partial charge is 0.265 e. The van der Waals surface area contributed by atoms with Gasteiger partial charge in [0.25, 0.3) is 5.91 Å². The molecule has 114 valence electrons. The highest BCUT2D eigenvalue weighted by molar-refractivity contribution is 7.94. The molecule has 0 aliphatic carbocycles. The molecule has 1 aliphatic heterocycles. The lowest BCUT2D eigenvalue weighted by atomic mass is 10.1. The van der Waals surface area contributed by atoms with Crippen LogP contribution in [-0.2, 0) is 29.2 Å². The number of hydrogen-bond acceptors (Lipinski definition) is 7. The van der Waals surface area contributed by atoms with Crippen LogP contribution in [0.4, 0.5) is 0 Å². The summed E-state index contributed by atoms with van der Waals surface area (Å²) >= 11 is 0. The van der Waals surface area contributed by atoms with Gasteiger partial charge in [-0.2, -0.15) is 21.9 Å². The number of carbonyl (C=O) groups is 1. The molecule has 1 heterocycles. The number of amides is 1. The molecule has 0 atom stereocenters. The van der Waals surface area contributed by atoms with E-state index < -0.39 is 20.8 Å². The highest BCUT2D eigenvalue weighted by Crippen LogP contribution is 2.19. The van der Waals surface area contributed by atoms with Crippen LogP contribution in [0.2, 0.25) is 0 Å². The molecule has 2 N–H and O–H groups in total. The van der Waals surface area contributed by atoms with E-state index in [1.807, 2.05) is 30.3 Å². The van der Waals surface area contributed by atoms with Crippen LogP contribution >= 0.6 is 0 Å². The van der Waals surface area contributed by atoms with Crippen molar-refractivity contribution in [1.29, 1.82) is 0 Å². The molecule has 0 saturated carbocycles. The van der Waals surface area contributed by atoms with Gasteiger partial charge < -0.3 is 0 Å². The van der Waals surface area contributed by atoms with Crippen molar-refractivity contribution in [2.24, 2.45) is 10.2 Å². The molecular formula is C9H8N2O8S2. The average molecular weight is 336 g/mol. The number of benzene rings is 1. The molecule has 21 heavy (non-hydrogen) atoms. The second-order valence-corrected chi connectivity index (χ2v) is 5.61. The second kappa shape index (κ2) is 6.64. The van der Waals surface area contributed by atoms with Crippen molar-refractivity contribution < 1.29 is 34.4 Å². The van der Waals surface area contributed by atoms with Crippen molar-refractivity contribution in [3.05, 3.63) is 42.1 Å². The monoisotopic (exact) mass is 336 g/mol. The van der Waals surface area contributed by atoms with Gasteiger partial charge in [-0.3, -0.25) is 13.9 Å². The topological polar surface area (TPSA) is 160 Å². The number of rotatable bonds is 3. The fraction of sp³-hybridized carbons (Fsp3) is 0. The van der Waals surface area contributed by atoms with E-state index in [4.69, 9.17) is 9.11 Å². The van der Waals surface area contributed by atoms with Gasteiger partial charge in [0.15, 0.2) is 0 Å². The SMILES string of the molecule is O=C1N=NC=C1c1ccccc1.O=S(=O)(O)OS(=O)(=O)O. The summed E-state index contributed by atoms with van der Waals surface area (Å²) in [7, 11) is -10.2. The first-order valence-corrected chi connectivity index (χ1v) is 7.68. The Kier molecular flexibility index (Phi) is 5.40. The Hall–Kier alpha value is -1.99. The van der Waals surface area contributed by atoms with Crippen molar-refractivity contribution in [3.8, 4) is 0 Å². The molecule has 0 bridgehead atoms. The predicted octanol–water partition coefficient (Wildman–Crippen LogP) is 0.629. The van der Waals surface area contributed by atoms with Gasteiger partial charge in [0, 0.05) is 0 Å². The Bertz CT molecular complexity index is 750. The van der Waals surface area contributed by atoms with Crippen molar-refractivity contribution >= 4 is 32.3 Å². The van der Waals surface area contributed by atoms with E-state index in [0.717, 1.165) is 5.56 Å². The minimum atomic E-state index is -5.12. The summed E-state index contributed by atoms with van der Waals surface area (Å²) in [6, 6.07) is 9.38. The Labute approximate surface area is 119 Å². The van der Waals surface area contributed by atoms with E-state index in [1.165, 1.54) is 6.20 Å². The van der Waals surface area contributed by atoms with E-state index >= 15 is 0 Å². The van der Waals surface area contributed by atoms with E-state index in [-0.39, 0.29) is 5.91 Å². The van der Waals surface area contributed by atoms with Gasteiger partial charge in [-0.25, -0.2) is 0 Å². The first-order valence-electron chi connectivity index (χ1n) is 4.95. The second-order valence-electron chi connectivity index (χ2n) is 3.35. The van der Waals surface area contributed by atoms with Gasteiger partial charge in [0.2, 0.25) is 0 Å². The normalized spacial score (nSPS) is 14.4. The molecular weight excluding hydrogens is 328 g/mol. The maximum atomic E-state index is 11.0. The maximum Gasteiger partial charge on any atom is 0.413 e. The summed E-state index contributed by atoms with van der Waals surface area (Å²) in [6.07, 6.45) is 1.48. The number of hydrogen-bond donors (Lipinski definition) is 2. The minimum absolute atomic E-state index is 0.263. The summed E-state index contributed by atoms with van der Waals surface area (Å²) in [4.78, 5) is 11.0. The quantitative estimate of drug-likeness (QED) is 0.760. The molecule has 10 nitrogen and oxygen atoms in total. The van der Waals surface area contributed by atoms with Crippen LogP contribution in [-0.4, -0.2) is 31.8 Å². The van der Waals surface area contributed by atoms with Crippen molar-refractivity contribution in [3.63, 3.8) is 0 Å². The lowest BCUT2D eigenvalue weighted by Gasteiger charge is -1.95. The molecule has 1 amide bonds. The van der Waals surface area contributed by atoms with Crippen LogP contribution in [0, 0.1) is 0 Å². The zero-order chi connectivity index (χ0) is 16.1. The zero-order valence-corrected chi connectivity index (χ0v) is 11.7. The fourth-order valence-electron chi connectivity index (χ4n) is 1.17. The molecule has 0 spiro atoms. The van der Waals surface area contributed by atoms with E-state index in [0.29, 0.717) is 5.57 Å². The summed E-state index contributed by atoms with van der Waals surface area (Å²) in [6.45, 7) is 0. The van der Waals surface area contributed by atoms with Gasteiger partial charge >= 0.3 is 20.8 Å². The Balaban J connectivity index is 0.000000222. The Morgan fingerprint density at radius 2 is 1.48 bits per heavy atom. The van der Waals surface area contributed by atoms with E-state index in [9.17, 15) is 21.6 Å². The maximum absolute atomic E-state index is 11.0. The molecule has 1 aliphatic rings. The van der Waals surface area contributed by atoms with Gasteiger partial charge in [0.05, 0.1) is 11.8 Å². The van der Waals surface area contributed by atoms with E-state index in [2.05, 4.69) is 13.9 Å². The zero-order valence-electron chi connectivity index (χ0n) is 10.0. The molecule has 1 aromatic carbocycles. The highest BCUT2D eigenvalue weighted by Gasteiger charge is 2.16. The third kappa shape index (κ3) is 6.82. The third-order valence-electron chi connectivity index (χ3n) is 1.82. The van der Waals surface area contributed by atoms with Crippen molar-refractivity contribution in [2.75, 3.05) is 0 Å². The summed E-state index contributed by atoms with van der Waals surface area (Å²) in [5.41, 5.74) is 1.43. The number of nitrogens with zero attached hydrogens (tertiary/aromatic N) is 2. The van der Waals surface area contributed by atoms with E-state index in [1.54, 1.807) is 0 Å². The molecule has 1 aromatic rings. The minimum Gasteiger partial charge on any atom is -0.265 e. The van der Waals surface area contributed by atoms with Crippen LogP contribution < -0.4 is 0 Å². The van der Waals surface area contributed by atoms with Gasteiger partial charge in [-0.1, -0.05) is 30.3 Å². The first kappa shape index (κ1) is 17.1. The van der Waals surface area contributed by atoms with Crippen LogP contribution in [0.15, 0.2) is 46.8 Å². The average Bonchev–Trinajstić information content (AvgIpc) is 2.72. The molecule has 0 unspecified atom stereocenters. The predicted molar refractivity (Wildman–Crippen MR) is 68.5 cm³/mol. The molecule has 2 rings (SSSR count). The summed E-state index contributed by atoms with van der Waals surface area (Å²) in [5, 5.41) is 6.92. The van der Waals surface area contributed by atoms with Crippen LogP contribution in [0.5, 0.6) is 0 Å².